The normalized spacial score (nSPS) is 16.5. The molecule has 1 fully saturated rings. The zero-order valence-corrected chi connectivity index (χ0v) is 21.7. The minimum absolute atomic E-state index is 0.0260. The molecule has 3 heterocycles. The van der Waals surface area contributed by atoms with Gasteiger partial charge in [0.05, 0.1) is 10.4 Å². The molecule has 1 aliphatic heterocycles. The molecule has 7 nitrogen and oxygen atoms in total. The van der Waals surface area contributed by atoms with Crippen molar-refractivity contribution in [3.8, 4) is 11.3 Å². The van der Waals surface area contributed by atoms with Crippen molar-refractivity contribution in [1.29, 1.82) is 0 Å². The number of hydrogen-bond donors (Lipinski definition) is 0. The van der Waals surface area contributed by atoms with Crippen LogP contribution < -0.4 is 4.90 Å². The van der Waals surface area contributed by atoms with Gasteiger partial charge >= 0.3 is 6.09 Å². The lowest BCUT2D eigenvalue weighted by Crippen LogP contribution is -2.54. The highest BCUT2D eigenvalue weighted by molar-refractivity contribution is 6.36. The van der Waals surface area contributed by atoms with E-state index in [-0.39, 0.29) is 28.4 Å². The maximum atomic E-state index is 15.9. The number of aromatic nitrogens is 3. The number of fused-ring (bicyclic) bond motifs is 2. The van der Waals surface area contributed by atoms with Gasteiger partial charge in [-0.05, 0) is 39.1 Å². The average molecular weight is 526 g/mol. The second-order valence-electron chi connectivity index (χ2n) is 10.1. The number of amides is 1. The number of carbonyl (C=O) groups is 1. The molecule has 0 aliphatic carbocycles. The first kappa shape index (κ1) is 25.1. The summed E-state index contributed by atoms with van der Waals surface area (Å²) < 4.78 is 35.7. The minimum atomic E-state index is -0.644. The Morgan fingerprint density at radius 2 is 1.89 bits per heavy atom. The Kier molecular flexibility index (Phi) is 6.35. The molecule has 0 N–H and O–H groups in total. The van der Waals surface area contributed by atoms with Crippen LogP contribution in [0.25, 0.3) is 32.9 Å². The fourth-order valence-corrected chi connectivity index (χ4v) is 4.94. The van der Waals surface area contributed by atoms with E-state index >= 15 is 4.39 Å². The van der Waals surface area contributed by atoms with E-state index in [4.69, 9.17) is 16.3 Å². The van der Waals surface area contributed by atoms with Crippen LogP contribution in [0.4, 0.5) is 19.4 Å². The van der Waals surface area contributed by atoms with E-state index < -0.39 is 17.2 Å². The van der Waals surface area contributed by atoms with Crippen LogP contribution in [-0.4, -0.2) is 57.2 Å². The van der Waals surface area contributed by atoms with Gasteiger partial charge in [0.25, 0.3) is 0 Å². The summed E-state index contributed by atoms with van der Waals surface area (Å²) in [5.74, 6) is -0.706. The molecule has 5 rings (SSSR count). The fraction of sp³-hybridized carbons (Fsp3) is 0.333. The zero-order chi connectivity index (χ0) is 26.5. The molecule has 1 saturated heterocycles. The molecular weight excluding hydrogens is 500 g/mol. The van der Waals surface area contributed by atoms with Gasteiger partial charge in [0.2, 0.25) is 0 Å². The highest BCUT2D eigenvalue weighted by Gasteiger charge is 2.31. The molecule has 1 aliphatic rings. The first-order valence-electron chi connectivity index (χ1n) is 12.0. The SMILES string of the molecule is C[C@H]1CN(C(=O)OC(C)(C)C)CCN1c1ncnc2c(F)c(-c3cccc4ccc(F)c(Cl)c34)ncc12. The predicted octanol–water partition coefficient (Wildman–Crippen LogP) is 6.22. The smallest absolute Gasteiger partial charge is 0.410 e. The molecule has 1 amide bonds. The summed E-state index contributed by atoms with van der Waals surface area (Å²) in [5.41, 5.74) is -0.0818. The summed E-state index contributed by atoms with van der Waals surface area (Å²) >= 11 is 6.27. The largest absolute Gasteiger partial charge is 0.444 e. The fourth-order valence-electron chi connectivity index (χ4n) is 4.67. The highest BCUT2D eigenvalue weighted by atomic mass is 35.5. The van der Waals surface area contributed by atoms with Crippen LogP contribution in [-0.2, 0) is 4.74 Å². The third-order valence-corrected chi connectivity index (χ3v) is 6.71. The van der Waals surface area contributed by atoms with Crippen molar-refractivity contribution in [2.75, 3.05) is 24.5 Å². The molecule has 37 heavy (non-hydrogen) atoms. The quantitative estimate of drug-likeness (QED) is 0.309. The predicted molar refractivity (Wildman–Crippen MR) is 140 cm³/mol. The van der Waals surface area contributed by atoms with Crippen molar-refractivity contribution in [3.05, 3.63) is 59.5 Å². The molecule has 0 unspecified atom stereocenters. The molecule has 2 aromatic heterocycles. The molecule has 0 radical (unpaired) electrons. The third-order valence-electron chi connectivity index (χ3n) is 6.34. The summed E-state index contributed by atoms with van der Waals surface area (Å²) in [6, 6.07) is 7.95. The Hall–Kier alpha value is -3.59. The van der Waals surface area contributed by atoms with E-state index in [0.29, 0.717) is 47.2 Å². The maximum Gasteiger partial charge on any atom is 0.410 e. The molecule has 1 atom stereocenters. The highest BCUT2D eigenvalue weighted by Crippen LogP contribution is 2.37. The third kappa shape index (κ3) is 4.64. The van der Waals surface area contributed by atoms with Crippen molar-refractivity contribution in [3.63, 3.8) is 0 Å². The number of hydrogen-bond acceptors (Lipinski definition) is 6. The second-order valence-corrected chi connectivity index (χ2v) is 10.5. The summed E-state index contributed by atoms with van der Waals surface area (Å²) in [4.78, 5) is 29.3. The first-order valence-corrected chi connectivity index (χ1v) is 12.3. The summed E-state index contributed by atoms with van der Waals surface area (Å²) in [6.45, 7) is 8.79. The molecule has 10 heteroatoms. The van der Waals surface area contributed by atoms with Crippen LogP contribution in [0.1, 0.15) is 27.7 Å². The van der Waals surface area contributed by atoms with Gasteiger partial charge in [-0.25, -0.2) is 23.5 Å². The Bertz CT molecular complexity index is 1520. The number of anilines is 1. The van der Waals surface area contributed by atoms with Gasteiger partial charge in [-0.3, -0.25) is 4.98 Å². The van der Waals surface area contributed by atoms with E-state index in [1.54, 1.807) is 29.2 Å². The second kappa shape index (κ2) is 9.37. The number of piperazine rings is 1. The van der Waals surface area contributed by atoms with Gasteiger partial charge in [0.1, 0.15) is 34.8 Å². The number of pyridine rings is 1. The Labute approximate surface area is 218 Å². The van der Waals surface area contributed by atoms with Crippen LogP contribution >= 0.6 is 11.6 Å². The van der Waals surface area contributed by atoms with Gasteiger partial charge < -0.3 is 14.5 Å². The van der Waals surface area contributed by atoms with Crippen LogP contribution in [0.2, 0.25) is 5.02 Å². The Morgan fingerprint density at radius 3 is 2.62 bits per heavy atom. The topological polar surface area (TPSA) is 71.5 Å². The average Bonchev–Trinajstić information content (AvgIpc) is 2.85. The lowest BCUT2D eigenvalue weighted by atomic mass is 10.0. The number of rotatable bonds is 2. The number of carbonyl (C=O) groups excluding carboxylic acids is 1. The molecule has 0 bridgehead atoms. The van der Waals surface area contributed by atoms with Crippen LogP contribution in [0.5, 0.6) is 0 Å². The van der Waals surface area contributed by atoms with Gasteiger partial charge in [-0.15, -0.1) is 0 Å². The molecule has 0 saturated carbocycles. The van der Waals surface area contributed by atoms with Gasteiger partial charge in [0, 0.05) is 42.8 Å². The summed E-state index contributed by atoms with van der Waals surface area (Å²) in [6.07, 6.45) is 2.48. The number of benzene rings is 2. The minimum Gasteiger partial charge on any atom is -0.444 e. The zero-order valence-electron chi connectivity index (χ0n) is 20.9. The number of nitrogens with zero attached hydrogens (tertiary/aromatic N) is 5. The molecule has 0 spiro atoms. The standard InChI is InChI=1S/C27H26ClF2N5O2/c1-15-13-34(26(36)37-27(2,3)4)10-11-35(15)25-18-12-31-23(22(30)24(18)32-14-33-25)17-7-5-6-16-8-9-19(29)21(28)20(16)17/h5-9,12,14-15H,10-11,13H2,1-4H3/t15-/m0/s1. The van der Waals surface area contributed by atoms with E-state index in [1.165, 1.54) is 18.6 Å². The van der Waals surface area contributed by atoms with Gasteiger partial charge in [-0.1, -0.05) is 35.9 Å². The van der Waals surface area contributed by atoms with Crippen molar-refractivity contribution in [2.24, 2.45) is 0 Å². The van der Waals surface area contributed by atoms with Crippen molar-refractivity contribution >= 4 is 45.2 Å². The summed E-state index contributed by atoms with van der Waals surface area (Å²) in [5, 5.41) is 1.41. The van der Waals surface area contributed by atoms with E-state index in [0.717, 1.165) is 0 Å². The van der Waals surface area contributed by atoms with Crippen LogP contribution in [0, 0.1) is 11.6 Å². The number of ether oxygens (including phenoxy) is 1. The van der Waals surface area contributed by atoms with Crippen LogP contribution in [0.3, 0.4) is 0 Å². The van der Waals surface area contributed by atoms with Crippen LogP contribution in [0.15, 0.2) is 42.9 Å². The van der Waals surface area contributed by atoms with Gasteiger partial charge in [-0.2, -0.15) is 0 Å². The molecule has 2 aromatic carbocycles. The van der Waals surface area contributed by atoms with E-state index in [9.17, 15) is 9.18 Å². The van der Waals surface area contributed by atoms with Crippen molar-refractivity contribution < 1.29 is 18.3 Å². The Balaban J connectivity index is 1.52. The molecular formula is C27H26ClF2N5O2. The lowest BCUT2D eigenvalue weighted by molar-refractivity contribution is 0.0218. The first-order chi connectivity index (χ1) is 17.5. The van der Waals surface area contributed by atoms with Crippen molar-refractivity contribution in [1.82, 2.24) is 19.9 Å². The van der Waals surface area contributed by atoms with E-state index in [1.807, 2.05) is 32.6 Å². The Morgan fingerprint density at radius 1 is 1.11 bits per heavy atom. The van der Waals surface area contributed by atoms with E-state index in [2.05, 4.69) is 15.0 Å². The summed E-state index contributed by atoms with van der Waals surface area (Å²) in [7, 11) is 0. The lowest BCUT2D eigenvalue weighted by Gasteiger charge is -2.41. The maximum absolute atomic E-state index is 15.9. The monoisotopic (exact) mass is 525 g/mol. The number of halogens is 3. The van der Waals surface area contributed by atoms with Gasteiger partial charge in [0.15, 0.2) is 5.82 Å². The molecule has 192 valence electrons. The van der Waals surface area contributed by atoms with Crippen molar-refractivity contribution in [2.45, 2.75) is 39.3 Å². The molecule has 4 aromatic rings.